The summed E-state index contributed by atoms with van der Waals surface area (Å²) in [5.41, 5.74) is 0.433. The zero-order valence-electron chi connectivity index (χ0n) is 11.6. The molecule has 0 bridgehead atoms. The van der Waals surface area contributed by atoms with Crippen molar-refractivity contribution in [2.24, 2.45) is 5.92 Å². The lowest BCUT2D eigenvalue weighted by Crippen LogP contribution is -2.15. The van der Waals surface area contributed by atoms with Gasteiger partial charge >= 0.3 is 5.97 Å². The van der Waals surface area contributed by atoms with E-state index in [4.69, 9.17) is 4.74 Å². The molecule has 0 aliphatic heterocycles. The number of carbonyl (C=O) groups is 1. The van der Waals surface area contributed by atoms with Crippen LogP contribution in [0.15, 0.2) is 18.2 Å². The number of fused-ring (bicyclic) bond motifs is 1. The largest absolute Gasteiger partial charge is 0.477 e. The summed E-state index contributed by atoms with van der Waals surface area (Å²) >= 11 is 1.09. The van der Waals surface area contributed by atoms with E-state index < -0.39 is 11.8 Å². The van der Waals surface area contributed by atoms with Crippen molar-refractivity contribution in [2.75, 3.05) is 0 Å². The SMILES string of the molecule is CC(C)C(C)OCc1c(C(=O)O)sc2cccc(F)c12. The van der Waals surface area contributed by atoms with Crippen molar-refractivity contribution in [3.8, 4) is 0 Å². The predicted octanol–water partition coefficient (Wildman–Crippen LogP) is 4.30. The molecule has 5 heteroatoms. The van der Waals surface area contributed by atoms with E-state index in [1.807, 2.05) is 20.8 Å². The van der Waals surface area contributed by atoms with Gasteiger partial charge in [0.05, 0.1) is 12.7 Å². The Morgan fingerprint density at radius 3 is 2.70 bits per heavy atom. The highest BCUT2D eigenvalue weighted by atomic mass is 32.1. The van der Waals surface area contributed by atoms with Crippen LogP contribution in [0.4, 0.5) is 4.39 Å². The van der Waals surface area contributed by atoms with Crippen molar-refractivity contribution in [3.63, 3.8) is 0 Å². The van der Waals surface area contributed by atoms with Gasteiger partial charge in [0.1, 0.15) is 10.7 Å². The van der Waals surface area contributed by atoms with E-state index in [0.717, 1.165) is 11.3 Å². The summed E-state index contributed by atoms with van der Waals surface area (Å²) in [6.07, 6.45) is -0.0154. The first-order chi connectivity index (χ1) is 9.41. The fourth-order valence-corrected chi connectivity index (χ4v) is 2.95. The Bertz CT molecular complexity index is 633. The Hall–Kier alpha value is -1.46. The molecule has 1 atom stereocenters. The third kappa shape index (κ3) is 2.83. The van der Waals surface area contributed by atoms with E-state index in [9.17, 15) is 14.3 Å². The molecule has 0 saturated heterocycles. The van der Waals surface area contributed by atoms with Crippen molar-refractivity contribution >= 4 is 27.4 Å². The van der Waals surface area contributed by atoms with Crippen LogP contribution in [0.3, 0.4) is 0 Å². The quantitative estimate of drug-likeness (QED) is 0.894. The van der Waals surface area contributed by atoms with Gasteiger partial charge in [0.2, 0.25) is 0 Å². The molecular weight excluding hydrogens is 279 g/mol. The monoisotopic (exact) mass is 296 g/mol. The zero-order chi connectivity index (χ0) is 14.9. The molecule has 108 valence electrons. The second-order valence-electron chi connectivity index (χ2n) is 5.09. The van der Waals surface area contributed by atoms with Crippen LogP contribution in [-0.2, 0) is 11.3 Å². The molecule has 1 heterocycles. The third-order valence-corrected chi connectivity index (χ3v) is 4.57. The molecule has 0 aliphatic carbocycles. The maximum Gasteiger partial charge on any atom is 0.346 e. The molecule has 0 amide bonds. The molecule has 1 N–H and O–H groups in total. The lowest BCUT2D eigenvalue weighted by molar-refractivity contribution is 0.0234. The normalized spacial score (nSPS) is 13.1. The average molecular weight is 296 g/mol. The van der Waals surface area contributed by atoms with Gasteiger partial charge in [0, 0.05) is 15.6 Å². The minimum absolute atomic E-state index is 0.0154. The topological polar surface area (TPSA) is 46.5 Å². The van der Waals surface area contributed by atoms with E-state index in [1.54, 1.807) is 12.1 Å². The van der Waals surface area contributed by atoms with Gasteiger partial charge in [-0.2, -0.15) is 0 Å². The van der Waals surface area contributed by atoms with E-state index in [-0.39, 0.29) is 17.6 Å². The van der Waals surface area contributed by atoms with Gasteiger partial charge in [-0.25, -0.2) is 9.18 Å². The van der Waals surface area contributed by atoms with Crippen LogP contribution in [0.2, 0.25) is 0 Å². The lowest BCUT2D eigenvalue weighted by atomic mass is 10.1. The lowest BCUT2D eigenvalue weighted by Gasteiger charge is -2.16. The Balaban J connectivity index is 2.43. The van der Waals surface area contributed by atoms with Crippen LogP contribution in [0.5, 0.6) is 0 Å². The molecule has 0 radical (unpaired) electrons. The molecule has 0 spiro atoms. The zero-order valence-corrected chi connectivity index (χ0v) is 12.5. The van der Waals surface area contributed by atoms with Crippen LogP contribution < -0.4 is 0 Å². The summed E-state index contributed by atoms with van der Waals surface area (Å²) < 4.78 is 20.3. The third-order valence-electron chi connectivity index (χ3n) is 3.39. The van der Waals surface area contributed by atoms with Gasteiger partial charge in [-0.1, -0.05) is 19.9 Å². The van der Waals surface area contributed by atoms with Gasteiger partial charge in [0.15, 0.2) is 0 Å². The second kappa shape index (κ2) is 5.89. The number of thiophene rings is 1. The second-order valence-corrected chi connectivity index (χ2v) is 6.14. The van der Waals surface area contributed by atoms with Crippen LogP contribution in [0, 0.1) is 11.7 Å². The van der Waals surface area contributed by atoms with Crippen molar-refractivity contribution < 1.29 is 19.0 Å². The smallest absolute Gasteiger partial charge is 0.346 e. The molecule has 0 saturated carbocycles. The summed E-state index contributed by atoms with van der Waals surface area (Å²) in [6.45, 7) is 6.09. The number of halogens is 1. The first-order valence-electron chi connectivity index (χ1n) is 6.46. The Morgan fingerprint density at radius 1 is 1.40 bits per heavy atom. The number of ether oxygens (including phenoxy) is 1. The minimum atomic E-state index is -1.04. The van der Waals surface area contributed by atoms with E-state index >= 15 is 0 Å². The molecule has 0 aliphatic rings. The van der Waals surface area contributed by atoms with Crippen molar-refractivity contribution in [1.82, 2.24) is 0 Å². The molecule has 2 aromatic rings. The molecule has 2 rings (SSSR count). The summed E-state index contributed by atoms with van der Waals surface area (Å²) in [5.74, 6) is -1.12. The van der Waals surface area contributed by atoms with Crippen LogP contribution in [0.1, 0.15) is 36.0 Å². The Kier molecular flexibility index (Phi) is 4.40. The number of carboxylic acid groups (broad SMARTS) is 1. The summed E-state index contributed by atoms with van der Waals surface area (Å²) in [6, 6.07) is 4.65. The highest BCUT2D eigenvalue weighted by molar-refractivity contribution is 7.21. The maximum atomic E-state index is 14.0. The highest BCUT2D eigenvalue weighted by Crippen LogP contribution is 2.34. The van der Waals surface area contributed by atoms with Crippen LogP contribution >= 0.6 is 11.3 Å². The summed E-state index contributed by atoms with van der Waals surface area (Å²) in [7, 11) is 0. The van der Waals surface area contributed by atoms with Crippen molar-refractivity contribution in [2.45, 2.75) is 33.5 Å². The average Bonchev–Trinajstić information content (AvgIpc) is 2.76. The number of hydrogen-bond donors (Lipinski definition) is 1. The Labute approximate surface area is 121 Å². The minimum Gasteiger partial charge on any atom is -0.477 e. The number of carboxylic acids is 1. The van der Waals surface area contributed by atoms with Crippen LogP contribution in [-0.4, -0.2) is 17.2 Å². The fraction of sp³-hybridized carbons (Fsp3) is 0.400. The predicted molar refractivity (Wildman–Crippen MR) is 77.8 cm³/mol. The number of aromatic carboxylic acids is 1. The first kappa shape index (κ1) is 14.9. The molecule has 1 aromatic heterocycles. The molecule has 1 aromatic carbocycles. The number of rotatable bonds is 5. The van der Waals surface area contributed by atoms with Gasteiger partial charge in [0.25, 0.3) is 0 Å². The summed E-state index contributed by atoms with van der Waals surface area (Å²) in [5, 5.41) is 9.63. The Morgan fingerprint density at radius 2 is 2.10 bits per heavy atom. The van der Waals surface area contributed by atoms with Crippen molar-refractivity contribution in [1.29, 1.82) is 0 Å². The molecular formula is C15H17FO3S. The molecule has 1 unspecified atom stereocenters. The molecule has 3 nitrogen and oxygen atoms in total. The van der Waals surface area contributed by atoms with Gasteiger partial charge in [-0.3, -0.25) is 0 Å². The van der Waals surface area contributed by atoms with E-state index in [1.165, 1.54) is 6.07 Å². The summed E-state index contributed by atoms with van der Waals surface area (Å²) in [4.78, 5) is 11.5. The van der Waals surface area contributed by atoms with Crippen LogP contribution in [0.25, 0.3) is 10.1 Å². The molecule has 20 heavy (non-hydrogen) atoms. The highest BCUT2D eigenvalue weighted by Gasteiger charge is 2.21. The fourth-order valence-electron chi connectivity index (χ4n) is 1.89. The van der Waals surface area contributed by atoms with Gasteiger partial charge in [-0.15, -0.1) is 11.3 Å². The van der Waals surface area contributed by atoms with Gasteiger partial charge < -0.3 is 9.84 Å². The number of hydrogen-bond acceptors (Lipinski definition) is 3. The first-order valence-corrected chi connectivity index (χ1v) is 7.28. The van der Waals surface area contributed by atoms with Gasteiger partial charge in [-0.05, 0) is 25.0 Å². The standard InChI is InChI=1S/C15H17FO3S/c1-8(2)9(3)19-7-10-13-11(16)5-4-6-12(13)20-14(10)15(17)18/h4-6,8-9H,7H2,1-3H3,(H,17,18). The van der Waals surface area contributed by atoms with Crippen molar-refractivity contribution in [3.05, 3.63) is 34.5 Å². The van der Waals surface area contributed by atoms with E-state index in [0.29, 0.717) is 21.6 Å². The molecule has 0 fully saturated rings. The number of benzene rings is 1. The van der Waals surface area contributed by atoms with E-state index in [2.05, 4.69) is 0 Å². The maximum absolute atomic E-state index is 14.0.